The number of methoxy groups -OCH3 is 1. The highest BCUT2D eigenvalue weighted by Crippen LogP contribution is 2.38. The van der Waals surface area contributed by atoms with Crippen molar-refractivity contribution in [3.63, 3.8) is 0 Å². The predicted octanol–water partition coefficient (Wildman–Crippen LogP) is 5.32. The molecule has 0 N–H and O–H groups in total. The first-order valence-electron chi connectivity index (χ1n) is 9.86. The van der Waals surface area contributed by atoms with Crippen molar-refractivity contribution >= 4 is 35.2 Å². The van der Waals surface area contributed by atoms with E-state index in [0.717, 1.165) is 5.56 Å². The third-order valence-electron chi connectivity index (χ3n) is 4.80. The summed E-state index contributed by atoms with van der Waals surface area (Å²) in [4.78, 5) is 26.8. The molecule has 10 heteroatoms. The molecule has 1 heterocycles. The maximum absolute atomic E-state index is 13.1. The van der Waals surface area contributed by atoms with Gasteiger partial charge >= 0.3 is 5.97 Å². The average Bonchev–Trinajstić information content (AvgIpc) is 3.19. The Morgan fingerprint density at radius 1 is 1.15 bits per heavy atom. The first-order chi connectivity index (χ1) is 16.3. The number of rotatable bonds is 7. The van der Waals surface area contributed by atoms with Crippen LogP contribution in [0.3, 0.4) is 0 Å². The summed E-state index contributed by atoms with van der Waals surface area (Å²) in [5.41, 5.74) is 1.60. The molecule has 8 nitrogen and oxygen atoms in total. The fourth-order valence-electron chi connectivity index (χ4n) is 3.12. The van der Waals surface area contributed by atoms with E-state index in [2.05, 4.69) is 4.99 Å². The number of nitrogens with zero attached hydrogens (tertiary/aromatic N) is 2. The first-order valence-corrected chi connectivity index (χ1v) is 10.2. The van der Waals surface area contributed by atoms with Crippen molar-refractivity contribution in [2.24, 2.45) is 4.99 Å². The van der Waals surface area contributed by atoms with E-state index >= 15 is 0 Å². The van der Waals surface area contributed by atoms with Crippen molar-refractivity contribution < 1.29 is 28.3 Å². The van der Waals surface area contributed by atoms with Gasteiger partial charge in [-0.15, -0.1) is 0 Å². The van der Waals surface area contributed by atoms with Gasteiger partial charge < -0.3 is 14.2 Å². The zero-order chi connectivity index (χ0) is 24.2. The zero-order valence-corrected chi connectivity index (χ0v) is 18.4. The minimum absolute atomic E-state index is 0.0199. The molecule has 34 heavy (non-hydrogen) atoms. The molecule has 0 atom stereocenters. The molecule has 0 spiro atoms. The van der Waals surface area contributed by atoms with E-state index in [1.165, 1.54) is 49.6 Å². The quantitative estimate of drug-likeness (QED) is 0.195. The van der Waals surface area contributed by atoms with Gasteiger partial charge in [0.05, 0.1) is 17.1 Å². The molecule has 4 rings (SSSR count). The molecule has 0 radical (unpaired) electrons. The van der Waals surface area contributed by atoms with Crippen LogP contribution in [-0.4, -0.2) is 23.9 Å². The summed E-state index contributed by atoms with van der Waals surface area (Å²) in [6.07, 6.45) is 1.47. The number of non-ortho nitro benzene ring substituents is 1. The molecule has 0 amide bonds. The van der Waals surface area contributed by atoms with Crippen LogP contribution in [-0.2, 0) is 16.1 Å². The van der Waals surface area contributed by atoms with Gasteiger partial charge in [-0.25, -0.2) is 14.2 Å². The SMILES string of the molecule is COc1cc(/C=C2\N=C(c3ccc([N+](=O)[O-])cc3)OC2=O)cc(Cl)c1OCc1ccc(F)cc1. The molecule has 0 saturated heterocycles. The molecule has 1 aliphatic heterocycles. The van der Waals surface area contributed by atoms with Crippen molar-refractivity contribution in [2.75, 3.05) is 7.11 Å². The summed E-state index contributed by atoms with van der Waals surface area (Å²) in [6, 6.07) is 14.5. The number of carbonyl (C=O) groups excluding carboxylic acids is 1. The monoisotopic (exact) mass is 482 g/mol. The van der Waals surface area contributed by atoms with Crippen molar-refractivity contribution in [3.8, 4) is 11.5 Å². The highest BCUT2D eigenvalue weighted by atomic mass is 35.5. The lowest BCUT2D eigenvalue weighted by Crippen LogP contribution is -2.05. The fraction of sp³-hybridized carbons (Fsp3) is 0.0833. The second-order valence-corrected chi connectivity index (χ2v) is 7.50. The molecule has 172 valence electrons. The predicted molar refractivity (Wildman–Crippen MR) is 122 cm³/mol. The third-order valence-corrected chi connectivity index (χ3v) is 5.08. The normalized spacial score (nSPS) is 14.0. The van der Waals surface area contributed by atoms with Crippen LogP contribution in [0.15, 0.2) is 71.4 Å². The highest BCUT2D eigenvalue weighted by Gasteiger charge is 2.25. The van der Waals surface area contributed by atoms with Crippen LogP contribution in [0.25, 0.3) is 6.08 Å². The van der Waals surface area contributed by atoms with Gasteiger partial charge in [-0.3, -0.25) is 10.1 Å². The number of nitro groups is 1. The van der Waals surface area contributed by atoms with Gasteiger partial charge in [0.2, 0.25) is 5.90 Å². The minimum Gasteiger partial charge on any atom is -0.493 e. The van der Waals surface area contributed by atoms with E-state index < -0.39 is 10.9 Å². The summed E-state index contributed by atoms with van der Waals surface area (Å²) in [5.74, 6) is -0.378. The Morgan fingerprint density at radius 2 is 1.85 bits per heavy atom. The Bertz CT molecular complexity index is 1320. The molecule has 0 bridgehead atoms. The summed E-state index contributed by atoms with van der Waals surface area (Å²) >= 11 is 6.39. The first kappa shape index (κ1) is 22.9. The molecule has 1 aliphatic rings. The lowest BCUT2D eigenvalue weighted by atomic mass is 10.1. The Hall–Kier alpha value is -4.24. The van der Waals surface area contributed by atoms with E-state index in [1.54, 1.807) is 24.3 Å². The van der Waals surface area contributed by atoms with E-state index in [9.17, 15) is 19.3 Å². The number of cyclic esters (lactones) is 1. The number of benzene rings is 3. The molecule has 0 aliphatic carbocycles. The van der Waals surface area contributed by atoms with E-state index in [1.807, 2.05) is 0 Å². The van der Waals surface area contributed by atoms with Crippen LogP contribution in [0.2, 0.25) is 5.02 Å². The fourth-order valence-corrected chi connectivity index (χ4v) is 3.39. The number of esters is 1. The van der Waals surface area contributed by atoms with Gasteiger partial charge in [0.1, 0.15) is 12.4 Å². The zero-order valence-electron chi connectivity index (χ0n) is 17.7. The smallest absolute Gasteiger partial charge is 0.363 e. The summed E-state index contributed by atoms with van der Waals surface area (Å²) in [6.45, 7) is 0.145. The van der Waals surface area contributed by atoms with Crippen molar-refractivity contribution in [3.05, 3.63) is 104 Å². The molecule has 0 aromatic heterocycles. The van der Waals surface area contributed by atoms with Crippen LogP contribution < -0.4 is 9.47 Å². The largest absolute Gasteiger partial charge is 0.493 e. The number of aliphatic imine (C=N–C) groups is 1. The Morgan fingerprint density at radius 3 is 2.50 bits per heavy atom. The maximum Gasteiger partial charge on any atom is 0.363 e. The van der Waals surface area contributed by atoms with Crippen LogP contribution >= 0.6 is 11.6 Å². The highest BCUT2D eigenvalue weighted by molar-refractivity contribution is 6.32. The van der Waals surface area contributed by atoms with Crippen molar-refractivity contribution in [1.82, 2.24) is 0 Å². The topological polar surface area (TPSA) is 100 Å². The maximum atomic E-state index is 13.1. The van der Waals surface area contributed by atoms with E-state index in [0.29, 0.717) is 22.6 Å². The van der Waals surface area contributed by atoms with Crippen LogP contribution in [0.5, 0.6) is 11.5 Å². The molecular formula is C24H16ClFN2O6. The summed E-state index contributed by atoms with van der Waals surface area (Å²) in [7, 11) is 1.45. The van der Waals surface area contributed by atoms with Gasteiger partial charge in [-0.1, -0.05) is 23.7 Å². The van der Waals surface area contributed by atoms with Crippen LogP contribution in [0, 0.1) is 15.9 Å². The number of hydrogen-bond acceptors (Lipinski definition) is 7. The van der Waals surface area contributed by atoms with Gasteiger partial charge in [0.25, 0.3) is 5.69 Å². The van der Waals surface area contributed by atoms with Crippen molar-refractivity contribution in [2.45, 2.75) is 6.61 Å². The Labute approximate surface area is 198 Å². The summed E-state index contributed by atoms with van der Waals surface area (Å²) in [5, 5.41) is 11.0. The number of carbonyl (C=O) groups is 1. The third kappa shape index (κ3) is 5.05. The molecule has 3 aromatic carbocycles. The molecular weight excluding hydrogens is 467 g/mol. The average molecular weight is 483 g/mol. The van der Waals surface area contributed by atoms with E-state index in [4.69, 9.17) is 25.8 Å². The lowest BCUT2D eigenvalue weighted by Gasteiger charge is -2.13. The molecule has 3 aromatic rings. The Kier molecular flexibility index (Phi) is 6.55. The van der Waals surface area contributed by atoms with Crippen molar-refractivity contribution in [1.29, 1.82) is 0 Å². The molecule has 0 saturated carbocycles. The van der Waals surface area contributed by atoms with Gasteiger partial charge in [0.15, 0.2) is 17.2 Å². The number of hydrogen-bond donors (Lipinski definition) is 0. The van der Waals surface area contributed by atoms with Gasteiger partial charge in [-0.05, 0) is 53.6 Å². The van der Waals surface area contributed by atoms with Gasteiger partial charge in [0, 0.05) is 17.7 Å². The molecule has 0 fully saturated rings. The summed E-state index contributed by atoms with van der Waals surface area (Å²) < 4.78 is 29.4. The molecule has 0 unspecified atom stereocenters. The Balaban J connectivity index is 1.57. The van der Waals surface area contributed by atoms with Crippen LogP contribution in [0.1, 0.15) is 16.7 Å². The minimum atomic E-state index is -0.680. The van der Waals surface area contributed by atoms with Crippen LogP contribution in [0.4, 0.5) is 10.1 Å². The van der Waals surface area contributed by atoms with Gasteiger partial charge in [-0.2, -0.15) is 0 Å². The number of ether oxygens (including phenoxy) is 3. The second-order valence-electron chi connectivity index (χ2n) is 7.09. The van der Waals surface area contributed by atoms with E-state index in [-0.39, 0.29) is 34.7 Å². The second kappa shape index (κ2) is 9.72. The standard InChI is InChI=1S/C24H16ClFN2O6/c1-32-21-12-15(10-19(25)22(21)33-13-14-2-6-17(26)7-3-14)11-20-24(29)34-23(27-20)16-4-8-18(9-5-16)28(30)31/h2-12H,13H2,1H3/b20-11-. The number of nitro benzene ring substituents is 1. The number of halogens is 2. The lowest BCUT2D eigenvalue weighted by molar-refractivity contribution is -0.384.